The summed E-state index contributed by atoms with van der Waals surface area (Å²) in [7, 11) is 0. The lowest BCUT2D eigenvalue weighted by Crippen LogP contribution is -2.38. The van der Waals surface area contributed by atoms with Gasteiger partial charge in [0.2, 0.25) is 0 Å². The van der Waals surface area contributed by atoms with Crippen LogP contribution in [-0.4, -0.2) is 15.6 Å². The number of hydrogen-bond acceptors (Lipinski definition) is 3. The van der Waals surface area contributed by atoms with Crippen molar-refractivity contribution >= 4 is 0 Å². The second kappa shape index (κ2) is 4.10. The Labute approximate surface area is 124 Å². The number of imidazole rings is 1. The molecule has 1 aromatic carbocycles. The van der Waals surface area contributed by atoms with Crippen molar-refractivity contribution in [3.63, 3.8) is 0 Å². The smallest absolute Gasteiger partial charge is 0.145 e. The molecular weight excluding hydrogens is 262 g/mol. The van der Waals surface area contributed by atoms with Crippen LogP contribution in [0.1, 0.15) is 44.6 Å². The summed E-state index contributed by atoms with van der Waals surface area (Å²) in [4.78, 5) is 4.97. The van der Waals surface area contributed by atoms with Crippen molar-refractivity contribution in [2.45, 2.75) is 51.3 Å². The molecule has 2 aliphatic rings. The zero-order valence-electron chi connectivity index (χ0n) is 12.8. The van der Waals surface area contributed by atoms with E-state index in [9.17, 15) is 0 Å². The Kier molecular flexibility index (Phi) is 2.52. The van der Waals surface area contributed by atoms with Crippen LogP contribution in [0.15, 0.2) is 24.3 Å². The van der Waals surface area contributed by atoms with Crippen LogP contribution < -0.4 is 10.5 Å². The number of hydrogen-bond donors (Lipinski definition) is 1. The molecule has 0 saturated heterocycles. The van der Waals surface area contributed by atoms with Gasteiger partial charge in [-0.3, -0.25) is 0 Å². The summed E-state index contributed by atoms with van der Waals surface area (Å²) in [6.07, 6.45) is 0.999. The van der Waals surface area contributed by atoms with E-state index < -0.39 is 0 Å². The molecule has 21 heavy (non-hydrogen) atoms. The van der Waals surface area contributed by atoms with Crippen LogP contribution >= 0.6 is 0 Å². The van der Waals surface area contributed by atoms with E-state index in [0.717, 1.165) is 35.8 Å². The highest BCUT2D eigenvalue weighted by molar-refractivity contribution is 5.73. The van der Waals surface area contributed by atoms with Crippen LogP contribution in [0.25, 0.3) is 11.3 Å². The summed E-state index contributed by atoms with van der Waals surface area (Å²) in [6, 6.07) is 8.35. The minimum atomic E-state index is -0.383. The highest BCUT2D eigenvalue weighted by Crippen LogP contribution is 2.46. The number of rotatable bonds is 0. The molecule has 0 spiro atoms. The maximum Gasteiger partial charge on any atom is 0.145 e. The predicted molar refractivity (Wildman–Crippen MR) is 82.3 cm³/mol. The van der Waals surface area contributed by atoms with Gasteiger partial charge in [-0.25, -0.2) is 4.98 Å². The zero-order valence-corrected chi connectivity index (χ0v) is 12.8. The number of benzene rings is 1. The van der Waals surface area contributed by atoms with Crippen molar-refractivity contribution in [3.05, 3.63) is 35.8 Å². The number of ether oxygens (including phenoxy) is 1. The highest BCUT2D eigenvalue weighted by atomic mass is 16.5. The topological polar surface area (TPSA) is 53.1 Å². The molecule has 4 rings (SSSR count). The van der Waals surface area contributed by atoms with E-state index in [0.29, 0.717) is 5.92 Å². The lowest BCUT2D eigenvalue weighted by atomic mass is 9.93. The molecule has 0 fully saturated rings. The van der Waals surface area contributed by atoms with E-state index in [1.54, 1.807) is 0 Å². The van der Waals surface area contributed by atoms with Crippen LogP contribution in [-0.2, 0) is 12.1 Å². The van der Waals surface area contributed by atoms with Gasteiger partial charge in [0, 0.05) is 24.1 Å². The Balaban J connectivity index is 2.01. The van der Waals surface area contributed by atoms with Gasteiger partial charge in [0.15, 0.2) is 0 Å². The van der Waals surface area contributed by atoms with Gasteiger partial charge in [0.05, 0.1) is 11.4 Å². The van der Waals surface area contributed by atoms with Gasteiger partial charge < -0.3 is 15.0 Å². The minimum absolute atomic E-state index is 0.193. The summed E-state index contributed by atoms with van der Waals surface area (Å²) in [6.45, 7) is 7.27. The summed E-state index contributed by atoms with van der Waals surface area (Å²) < 4.78 is 8.53. The monoisotopic (exact) mass is 283 g/mol. The van der Waals surface area contributed by atoms with E-state index in [1.807, 2.05) is 18.2 Å². The molecule has 4 heteroatoms. The first kappa shape index (κ1) is 12.9. The molecule has 0 bridgehead atoms. The summed E-state index contributed by atoms with van der Waals surface area (Å²) in [5.41, 5.74) is 9.17. The maximum absolute atomic E-state index is 6.24. The van der Waals surface area contributed by atoms with Crippen LogP contribution in [0.3, 0.4) is 0 Å². The fraction of sp³-hybridized carbons (Fsp3) is 0.471. The van der Waals surface area contributed by atoms with Crippen molar-refractivity contribution in [2.75, 3.05) is 0 Å². The number of fused-ring (bicyclic) bond motifs is 5. The first-order valence-corrected chi connectivity index (χ1v) is 7.62. The Hall–Kier alpha value is -1.81. The maximum atomic E-state index is 6.24. The second-order valence-corrected chi connectivity index (χ2v) is 6.78. The molecular formula is C17H21N3O. The van der Waals surface area contributed by atoms with Crippen molar-refractivity contribution in [1.29, 1.82) is 0 Å². The molecule has 2 unspecified atom stereocenters. The van der Waals surface area contributed by atoms with Crippen LogP contribution in [0.5, 0.6) is 5.75 Å². The Morgan fingerprint density at radius 3 is 2.90 bits per heavy atom. The molecule has 0 saturated carbocycles. The molecule has 3 heterocycles. The Morgan fingerprint density at radius 2 is 2.10 bits per heavy atom. The van der Waals surface area contributed by atoms with E-state index in [-0.39, 0.29) is 11.6 Å². The first-order chi connectivity index (χ1) is 9.97. The molecule has 0 radical (unpaired) electrons. The molecule has 2 N–H and O–H groups in total. The third-order valence-electron chi connectivity index (χ3n) is 4.59. The van der Waals surface area contributed by atoms with Gasteiger partial charge in [-0.15, -0.1) is 0 Å². The average Bonchev–Trinajstić information content (AvgIpc) is 2.79. The number of para-hydroxylation sites is 1. The quantitative estimate of drug-likeness (QED) is 0.808. The van der Waals surface area contributed by atoms with E-state index in [1.165, 1.54) is 5.69 Å². The first-order valence-electron chi connectivity index (χ1n) is 7.62. The normalized spacial score (nSPS) is 25.5. The van der Waals surface area contributed by atoms with Gasteiger partial charge in [-0.05, 0) is 32.4 Å². The minimum Gasteiger partial charge on any atom is -0.481 e. The summed E-state index contributed by atoms with van der Waals surface area (Å²) in [5.74, 6) is 2.46. The van der Waals surface area contributed by atoms with Gasteiger partial charge in [-0.2, -0.15) is 0 Å². The largest absolute Gasteiger partial charge is 0.481 e. The zero-order chi connectivity index (χ0) is 14.8. The highest BCUT2D eigenvalue weighted by Gasteiger charge is 2.40. The van der Waals surface area contributed by atoms with Crippen LogP contribution in [0.4, 0.5) is 0 Å². The SMILES string of the molecule is CC1CC(N)Cn2c1nc1c2C(C)(C)Oc2ccccc2-1. The number of nitrogens with two attached hydrogens (primary N) is 1. The number of aromatic nitrogens is 2. The van der Waals surface area contributed by atoms with Crippen molar-refractivity contribution < 1.29 is 4.74 Å². The predicted octanol–water partition coefficient (Wildman–Crippen LogP) is 3.01. The fourth-order valence-electron chi connectivity index (χ4n) is 3.77. The Bertz CT molecular complexity index is 717. The lowest BCUT2D eigenvalue weighted by Gasteiger charge is -2.35. The third-order valence-corrected chi connectivity index (χ3v) is 4.59. The number of nitrogens with zero attached hydrogens (tertiary/aromatic N) is 2. The van der Waals surface area contributed by atoms with Crippen molar-refractivity contribution in [2.24, 2.45) is 5.73 Å². The summed E-state index contributed by atoms with van der Waals surface area (Å²) in [5, 5.41) is 0. The lowest BCUT2D eigenvalue weighted by molar-refractivity contribution is 0.0943. The molecule has 0 aliphatic carbocycles. The van der Waals surface area contributed by atoms with E-state index in [4.69, 9.17) is 15.5 Å². The van der Waals surface area contributed by atoms with Gasteiger partial charge in [0.25, 0.3) is 0 Å². The fourth-order valence-corrected chi connectivity index (χ4v) is 3.77. The Morgan fingerprint density at radius 1 is 1.33 bits per heavy atom. The summed E-state index contributed by atoms with van der Waals surface area (Å²) >= 11 is 0. The van der Waals surface area contributed by atoms with E-state index in [2.05, 4.69) is 31.4 Å². The van der Waals surface area contributed by atoms with E-state index >= 15 is 0 Å². The molecule has 110 valence electrons. The molecule has 4 nitrogen and oxygen atoms in total. The van der Waals surface area contributed by atoms with Gasteiger partial charge in [0.1, 0.15) is 17.2 Å². The molecule has 2 aliphatic heterocycles. The molecule has 2 aromatic rings. The second-order valence-electron chi connectivity index (χ2n) is 6.78. The van der Waals surface area contributed by atoms with Crippen LogP contribution in [0.2, 0.25) is 0 Å². The molecule has 2 atom stereocenters. The van der Waals surface area contributed by atoms with Gasteiger partial charge >= 0.3 is 0 Å². The van der Waals surface area contributed by atoms with Crippen molar-refractivity contribution in [1.82, 2.24) is 9.55 Å². The van der Waals surface area contributed by atoms with Gasteiger partial charge in [-0.1, -0.05) is 19.1 Å². The molecule has 0 amide bonds. The molecule has 1 aromatic heterocycles. The van der Waals surface area contributed by atoms with Crippen LogP contribution in [0, 0.1) is 0 Å². The average molecular weight is 283 g/mol. The third kappa shape index (κ3) is 1.75. The standard InChI is InChI=1S/C17H21N3O/c1-10-8-11(18)9-20-15-14(19-16(10)20)12-6-4-5-7-13(12)21-17(15,2)3/h4-7,10-11H,8-9,18H2,1-3H3. The van der Waals surface area contributed by atoms with Crippen molar-refractivity contribution in [3.8, 4) is 17.0 Å².